The molecule has 1 saturated heterocycles. The molecule has 36 heavy (non-hydrogen) atoms. The van der Waals surface area contributed by atoms with Crippen LogP contribution < -0.4 is 20.5 Å². The zero-order chi connectivity index (χ0) is 25.7. The Morgan fingerprint density at radius 2 is 2.03 bits per heavy atom. The molecular formula is C27H34N4O5. The highest BCUT2D eigenvalue weighted by molar-refractivity contribution is 6.08. The summed E-state index contributed by atoms with van der Waals surface area (Å²) in [5, 5.41) is 23.3. The maximum atomic E-state index is 12.2. The number of aromatic nitrogens is 1. The minimum atomic E-state index is -0.604. The molecule has 1 aliphatic heterocycles. The van der Waals surface area contributed by atoms with Crippen molar-refractivity contribution in [1.82, 2.24) is 9.88 Å². The number of aliphatic hydroxyl groups is 2. The molecule has 2 aromatic carbocycles. The van der Waals surface area contributed by atoms with Crippen LogP contribution in [0, 0.1) is 6.92 Å². The van der Waals surface area contributed by atoms with Crippen LogP contribution in [0.3, 0.4) is 0 Å². The zero-order valence-electron chi connectivity index (χ0n) is 20.8. The fraction of sp³-hybridized carbons (Fsp3) is 0.407. The van der Waals surface area contributed by atoms with Gasteiger partial charge < -0.3 is 35.6 Å². The number of carbonyl (C=O) groups excluding carboxylic acids is 1. The van der Waals surface area contributed by atoms with E-state index in [1.54, 1.807) is 19.2 Å². The molecule has 4 rings (SSSR count). The number of anilines is 2. The number of benzene rings is 2. The number of likely N-dealkylation sites (tertiary alicyclic amines) is 1. The monoisotopic (exact) mass is 494 g/mol. The first-order valence-electron chi connectivity index (χ1n) is 12.2. The minimum Gasteiger partial charge on any atom is -0.493 e. The summed E-state index contributed by atoms with van der Waals surface area (Å²) >= 11 is 0. The van der Waals surface area contributed by atoms with Crippen LogP contribution in [0.1, 0.15) is 40.7 Å². The van der Waals surface area contributed by atoms with Gasteiger partial charge in [0.15, 0.2) is 11.5 Å². The standard InChI is InChI=1S/C27H34N4O5/c1-17-18(16-32)5-3-6-22(17)30-26-20-13-24(35-2)25(14-23(20)29-15-21(26)27(28)34)36-12-4-9-31-10-7-19(33)8-11-31/h3,5-6,13-15,19,32-33H,4,7-12,16H2,1-2H3,(H2,28,34)(H,29,30). The number of amides is 1. The number of ether oxygens (including phenoxy) is 2. The predicted octanol–water partition coefficient (Wildman–Crippen LogP) is 3.11. The van der Waals surface area contributed by atoms with Crippen molar-refractivity contribution in [3.8, 4) is 11.5 Å². The van der Waals surface area contributed by atoms with Gasteiger partial charge in [0.25, 0.3) is 5.91 Å². The molecule has 0 radical (unpaired) electrons. The summed E-state index contributed by atoms with van der Waals surface area (Å²) in [5.74, 6) is 0.492. The van der Waals surface area contributed by atoms with Crippen molar-refractivity contribution in [3.05, 3.63) is 53.2 Å². The Balaban J connectivity index is 1.59. The molecule has 0 spiro atoms. The van der Waals surface area contributed by atoms with Gasteiger partial charge >= 0.3 is 0 Å². The first kappa shape index (κ1) is 25.7. The second-order valence-electron chi connectivity index (χ2n) is 9.08. The lowest BCUT2D eigenvalue weighted by Gasteiger charge is -2.29. The highest BCUT2D eigenvalue weighted by Gasteiger charge is 2.19. The average molecular weight is 495 g/mol. The van der Waals surface area contributed by atoms with Crippen LogP contribution in [0.15, 0.2) is 36.5 Å². The van der Waals surface area contributed by atoms with E-state index in [4.69, 9.17) is 15.2 Å². The van der Waals surface area contributed by atoms with Gasteiger partial charge in [0.2, 0.25) is 0 Å². The predicted molar refractivity (Wildman–Crippen MR) is 139 cm³/mol. The Morgan fingerprint density at radius 1 is 1.25 bits per heavy atom. The van der Waals surface area contributed by atoms with Gasteiger partial charge in [0, 0.05) is 43.0 Å². The second kappa shape index (κ2) is 11.6. The first-order chi connectivity index (χ1) is 17.4. The Bertz CT molecular complexity index is 1220. The summed E-state index contributed by atoms with van der Waals surface area (Å²) in [5.41, 5.74) is 9.47. The van der Waals surface area contributed by atoms with Crippen LogP contribution >= 0.6 is 0 Å². The lowest BCUT2D eigenvalue weighted by molar-refractivity contribution is 0.0799. The molecule has 3 aromatic rings. The van der Waals surface area contributed by atoms with E-state index in [1.807, 2.05) is 25.1 Å². The van der Waals surface area contributed by atoms with Crippen LogP contribution in [-0.4, -0.2) is 65.5 Å². The number of fused-ring (bicyclic) bond motifs is 1. The zero-order valence-corrected chi connectivity index (χ0v) is 20.8. The molecule has 0 unspecified atom stereocenters. The highest BCUT2D eigenvalue weighted by atomic mass is 16.5. The molecule has 5 N–H and O–H groups in total. The Kier molecular flexibility index (Phi) is 8.25. The minimum absolute atomic E-state index is 0.0879. The van der Waals surface area contributed by atoms with Crippen LogP contribution in [-0.2, 0) is 6.61 Å². The van der Waals surface area contributed by atoms with Crippen molar-refractivity contribution in [2.24, 2.45) is 5.73 Å². The van der Waals surface area contributed by atoms with Crippen LogP contribution in [0.2, 0.25) is 0 Å². The van der Waals surface area contributed by atoms with Gasteiger partial charge in [-0.3, -0.25) is 9.78 Å². The number of aliphatic hydroxyl groups excluding tert-OH is 2. The molecule has 1 fully saturated rings. The summed E-state index contributed by atoms with van der Waals surface area (Å²) in [6, 6.07) is 9.17. The number of nitrogens with one attached hydrogen (secondary N) is 1. The largest absolute Gasteiger partial charge is 0.493 e. The number of methoxy groups -OCH3 is 1. The van der Waals surface area contributed by atoms with Crippen molar-refractivity contribution in [2.45, 2.75) is 38.9 Å². The van der Waals surface area contributed by atoms with E-state index < -0.39 is 5.91 Å². The Morgan fingerprint density at radius 3 is 2.72 bits per heavy atom. The fourth-order valence-corrected chi connectivity index (χ4v) is 4.53. The number of hydrogen-bond donors (Lipinski definition) is 4. The number of piperidine rings is 1. The third-order valence-corrected chi connectivity index (χ3v) is 6.73. The van der Waals surface area contributed by atoms with Crippen molar-refractivity contribution >= 4 is 28.2 Å². The topological polar surface area (TPSA) is 130 Å². The lowest BCUT2D eigenvalue weighted by atomic mass is 10.0. The number of hydrogen-bond acceptors (Lipinski definition) is 8. The lowest BCUT2D eigenvalue weighted by Crippen LogP contribution is -2.36. The molecular weight excluding hydrogens is 460 g/mol. The number of rotatable bonds is 10. The summed E-state index contributed by atoms with van der Waals surface area (Å²) < 4.78 is 11.7. The van der Waals surface area contributed by atoms with Crippen molar-refractivity contribution in [3.63, 3.8) is 0 Å². The molecule has 2 heterocycles. The Labute approximate surface area is 210 Å². The van der Waals surface area contributed by atoms with Crippen molar-refractivity contribution in [2.75, 3.05) is 38.7 Å². The molecule has 1 aromatic heterocycles. The van der Waals surface area contributed by atoms with Crippen molar-refractivity contribution in [1.29, 1.82) is 0 Å². The van der Waals surface area contributed by atoms with E-state index in [9.17, 15) is 15.0 Å². The van der Waals surface area contributed by atoms with Gasteiger partial charge in [-0.25, -0.2) is 0 Å². The molecule has 0 saturated carbocycles. The number of carbonyl (C=O) groups is 1. The van der Waals surface area contributed by atoms with Crippen LogP contribution in [0.25, 0.3) is 10.9 Å². The summed E-state index contributed by atoms with van der Waals surface area (Å²) in [6.45, 7) is 5.04. The van der Waals surface area contributed by atoms with E-state index in [1.165, 1.54) is 6.20 Å². The van der Waals surface area contributed by atoms with Gasteiger partial charge in [-0.05, 0) is 49.4 Å². The maximum absolute atomic E-state index is 12.2. The molecule has 0 atom stereocenters. The van der Waals surface area contributed by atoms with E-state index in [0.29, 0.717) is 34.7 Å². The third-order valence-electron chi connectivity index (χ3n) is 6.73. The normalized spacial score (nSPS) is 14.7. The van der Waals surface area contributed by atoms with Crippen LogP contribution in [0.5, 0.6) is 11.5 Å². The van der Waals surface area contributed by atoms with Gasteiger partial charge in [0.05, 0.1) is 43.2 Å². The van der Waals surface area contributed by atoms with E-state index in [0.717, 1.165) is 55.7 Å². The van der Waals surface area contributed by atoms with Gasteiger partial charge in [-0.1, -0.05) is 12.1 Å². The third kappa shape index (κ3) is 5.70. The van der Waals surface area contributed by atoms with E-state index in [2.05, 4.69) is 15.2 Å². The fourth-order valence-electron chi connectivity index (χ4n) is 4.53. The first-order valence-corrected chi connectivity index (χ1v) is 12.2. The number of pyridine rings is 1. The van der Waals surface area contributed by atoms with Crippen LogP contribution in [0.4, 0.5) is 11.4 Å². The highest BCUT2D eigenvalue weighted by Crippen LogP contribution is 2.38. The smallest absolute Gasteiger partial charge is 0.252 e. The molecule has 0 bridgehead atoms. The van der Waals surface area contributed by atoms with Gasteiger partial charge in [0.1, 0.15) is 0 Å². The molecule has 1 aliphatic rings. The average Bonchev–Trinajstić information content (AvgIpc) is 2.88. The van der Waals surface area contributed by atoms with Gasteiger partial charge in [-0.15, -0.1) is 0 Å². The summed E-state index contributed by atoms with van der Waals surface area (Å²) in [6.07, 6.45) is 3.76. The van der Waals surface area contributed by atoms with E-state index >= 15 is 0 Å². The summed E-state index contributed by atoms with van der Waals surface area (Å²) in [7, 11) is 1.57. The summed E-state index contributed by atoms with van der Waals surface area (Å²) in [4.78, 5) is 19.0. The number of primary amides is 1. The number of nitrogens with zero attached hydrogens (tertiary/aromatic N) is 2. The quantitative estimate of drug-likeness (QED) is 0.316. The molecule has 1 amide bonds. The molecule has 9 heteroatoms. The second-order valence-corrected chi connectivity index (χ2v) is 9.08. The molecule has 0 aliphatic carbocycles. The SMILES string of the molecule is COc1cc2c(Nc3cccc(CO)c3C)c(C(N)=O)cnc2cc1OCCCN1CCC(O)CC1. The molecule has 9 nitrogen and oxygen atoms in total. The number of nitrogens with two attached hydrogens (primary N) is 1. The van der Waals surface area contributed by atoms with Gasteiger partial charge in [-0.2, -0.15) is 0 Å². The Hall–Kier alpha value is -3.40. The van der Waals surface area contributed by atoms with E-state index in [-0.39, 0.29) is 18.3 Å². The van der Waals surface area contributed by atoms with Crippen molar-refractivity contribution < 1.29 is 24.5 Å². The molecule has 192 valence electrons. The maximum Gasteiger partial charge on any atom is 0.252 e.